The van der Waals surface area contributed by atoms with E-state index in [0.717, 1.165) is 24.3 Å². The minimum atomic E-state index is 0.190. The summed E-state index contributed by atoms with van der Waals surface area (Å²) in [6.45, 7) is 4.88. The average Bonchev–Trinajstić information content (AvgIpc) is 2.57. The van der Waals surface area contributed by atoms with E-state index in [9.17, 15) is 4.79 Å². The lowest BCUT2D eigenvalue weighted by atomic mass is 10.1. The lowest BCUT2D eigenvalue weighted by Gasteiger charge is -2.23. The largest absolute Gasteiger partial charge is 0.489 e. The van der Waals surface area contributed by atoms with E-state index in [0.29, 0.717) is 12.5 Å². The molecule has 0 aliphatic carbocycles. The molecule has 0 amide bonds. The maximum atomic E-state index is 11.1. The Balaban J connectivity index is 1.96. The first-order chi connectivity index (χ1) is 9.15. The number of ketones is 1. The standard InChI is InChI=1S/C16H23NO2/c1-12(18)11-14-6-8-15(9-7-14)19-16-5-3-4-10-17-13(16)2/h6-9,13,16-17H,3-5,10-11H2,1-2H3. The van der Waals surface area contributed by atoms with E-state index in [-0.39, 0.29) is 11.9 Å². The first-order valence-electron chi connectivity index (χ1n) is 7.13. The molecule has 1 fully saturated rings. The van der Waals surface area contributed by atoms with Gasteiger partial charge in [-0.05, 0) is 57.4 Å². The second kappa shape index (κ2) is 6.71. The fourth-order valence-corrected chi connectivity index (χ4v) is 2.49. The van der Waals surface area contributed by atoms with Crippen molar-refractivity contribution in [2.75, 3.05) is 6.54 Å². The van der Waals surface area contributed by atoms with Crippen LogP contribution < -0.4 is 10.1 Å². The van der Waals surface area contributed by atoms with Crippen molar-refractivity contribution in [3.8, 4) is 5.75 Å². The van der Waals surface area contributed by atoms with Crippen LogP contribution in [0.15, 0.2) is 24.3 Å². The van der Waals surface area contributed by atoms with Crippen molar-refractivity contribution < 1.29 is 9.53 Å². The number of benzene rings is 1. The zero-order valence-electron chi connectivity index (χ0n) is 11.8. The van der Waals surface area contributed by atoms with Gasteiger partial charge in [0.1, 0.15) is 17.6 Å². The molecule has 2 atom stereocenters. The summed E-state index contributed by atoms with van der Waals surface area (Å²) in [5.41, 5.74) is 1.05. The number of carbonyl (C=O) groups excluding carboxylic acids is 1. The Bertz CT molecular complexity index is 413. The maximum absolute atomic E-state index is 11.1. The highest BCUT2D eigenvalue weighted by Gasteiger charge is 2.20. The number of carbonyl (C=O) groups is 1. The molecule has 1 heterocycles. The third-order valence-electron chi connectivity index (χ3n) is 3.60. The summed E-state index contributed by atoms with van der Waals surface area (Å²) >= 11 is 0. The van der Waals surface area contributed by atoms with Crippen molar-refractivity contribution in [3.05, 3.63) is 29.8 Å². The summed E-state index contributed by atoms with van der Waals surface area (Å²) in [5.74, 6) is 1.09. The van der Waals surface area contributed by atoms with Crippen molar-refractivity contribution >= 4 is 5.78 Å². The number of ether oxygens (including phenoxy) is 1. The molecular formula is C16H23NO2. The Labute approximate surface area is 115 Å². The Morgan fingerprint density at radius 2 is 2.05 bits per heavy atom. The zero-order valence-corrected chi connectivity index (χ0v) is 11.8. The summed E-state index contributed by atoms with van der Waals surface area (Å²) in [5, 5.41) is 3.48. The number of nitrogens with one attached hydrogen (secondary N) is 1. The third kappa shape index (κ3) is 4.35. The van der Waals surface area contributed by atoms with Gasteiger partial charge in [-0.15, -0.1) is 0 Å². The van der Waals surface area contributed by atoms with Gasteiger partial charge >= 0.3 is 0 Å². The van der Waals surface area contributed by atoms with E-state index >= 15 is 0 Å². The fourth-order valence-electron chi connectivity index (χ4n) is 2.49. The molecule has 3 nitrogen and oxygen atoms in total. The molecule has 1 N–H and O–H groups in total. The van der Waals surface area contributed by atoms with Crippen LogP contribution in [0.2, 0.25) is 0 Å². The molecular weight excluding hydrogens is 238 g/mol. The monoisotopic (exact) mass is 261 g/mol. The lowest BCUT2D eigenvalue weighted by molar-refractivity contribution is -0.116. The molecule has 0 aromatic heterocycles. The number of Topliss-reactive ketones (excluding diaryl/α,β-unsaturated/α-hetero) is 1. The Morgan fingerprint density at radius 1 is 1.32 bits per heavy atom. The normalized spacial score (nSPS) is 23.7. The van der Waals surface area contributed by atoms with Crippen LogP contribution >= 0.6 is 0 Å². The second-order valence-corrected chi connectivity index (χ2v) is 5.42. The first kappa shape index (κ1) is 14.1. The molecule has 2 unspecified atom stereocenters. The van der Waals surface area contributed by atoms with Gasteiger partial charge in [0.2, 0.25) is 0 Å². The van der Waals surface area contributed by atoms with E-state index in [2.05, 4.69) is 12.2 Å². The van der Waals surface area contributed by atoms with Gasteiger partial charge in [0.15, 0.2) is 0 Å². The van der Waals surface area contributed by atoms with Crippen LogP contribution in [0.3, 0.4) is 0 Å². The highest BCUT2D eigenvalue weighted by Crippen LogP contribution is 2.19. The van der Waals surface area contributed by atoms with Gasteiger partial charge in [-0.25, -0.2) is 0 Å². The Kier molecular flexibility index (Phi) is 4.97. The van der Waals surface area contributed by atoms with E-state index in [4.69, 9.17) is 4.74 Å². The molecule has 0 saturated carbocycles. The van der Waals surface area contributed by atoms with E-state index in [1.807, 2.05) is 24.3 Å². The van der Waals surface area contributed by atoms with E-state index < -0.39 is 0 Å². The average molecular weight is 261 g/mol. The molecule has 2 rings (SSSR count). The number of hydrogen-bond donors (Lipinski definition) is 1. The van der Waals surface area contributed by atoms with Gasteiger partial charge in [0.05, 0.1) is 0 Å². The van der Waals surface area contributed by atoms with Crippen LogP contribution in [0.4, 0.5) is 0 Å². The number of rotatable bonds is 4. The number of hydrogen-bond acceptors (Lipinski definition) is 3. The topological polar surface area (TPSA) is 38.3 Å². The van der Waals surface area contributed by atoms with Gasteiger partial charge in [-0.2, -0.15) is 0 Å². The molecule has 1 saturated heterocycles. The van der Waals surface area contributed by atoms with Crippen molar-refractivity contribution in [1.82, 2.24) is 5.32 Å². The van der Waals surface area contributed by atoms with Crippen LogP contribution in [0.1, 0.15) is 38.7 Å². The quantitative estimate of drug-likeness (QED) is 0.905. The van der Waals surface area contributed by atoms with Gasteiger partial charge < -0.3 is 10.1 Å². The second-order valence-electron chi connectivity index (χ2n) is 5.42. The molecule has 19 heavy (non-hydrogen) atoms. The molecule has 0 spiro atoms. The fraction of sp³-hybridized carbons (Fsp3) is 0.562. The van der Waals surface area contributed by atoms with Gasteiger partial charge in [-0.3, -0.25) is 4.79 Å². The molecule has 0 bridgehead atoms. The summed E-state index contributed by atoms with van der Waals surface area (Å²) in [6.07, 6.45) is 4.28. The van der Waals surface area contributed by atoms with Crippen molar-refractivity contribution in [2.45, 2.75) is 51.7 Å². The molecule has 1 aromatic rings. The molecule has 0 radical (unpaired) electrons. The SMILES string of the molecule is CC(=O)Cc1ccc(OC2CCCCNC2C)cc1. The molecule has 3 heteroatoms. The van der Waals surface area contributed by atoms with Crippen molar-refractivity contribution in [3.63, 3.8) is 0 Å². The smallest absolute Gasteiger partial charge is 0.134 e. The maximum Gasteiger partial charge on any atom is 0.134 e. The third-order valence-corrected chi connectivity index (χ3v) is 3.60. The van der Waals surface area contributed by atoms with Crippen LogP contribution in [0.25, 0.3) is 0 Å². The first-order valence-corrected chi connectivity index (χ1v) is 7.13. The Morgan fingerprint density at radius 3 is 2.74 bits per heavy atom. The summed E-state index contributed by atoms with van der Waals surface area (Å²) in [6, 6.07) is 8.28. The van der Waals surface area contributed by atoms with Crippen molar-refractivity contribution in [2.24, 2.45) is 0 Å². The lowest BCUT2D eigenvalue weighted by Crippen LogP contribution is -2.39. The minimum Gasteiger partial charge on any atom is -0.489 e. The van der Waals surface area contributed by atoms with Crippen LogP contribution in [-0.2, 0) is 11.2 Å². The molecule has 1 aliphatic rings. The van der Waals surface area contributed by atoms with Gasteiger partial charge in [-0.1, -0.05) is 12.1 Å². The summed E-state index contributed by atoms with van der Waals surface area (Å²) < 4.78 is 6.06. The van der Waals surface area contributed by atoms with Gasteiger partial charge in [0, 0.05) is 12.5 Å². The van der Waals surface area contributed by atoms with Gasteiger partial charge in [0.25, 0.3) is 0 Å². The van der Waals surface area contributed by atoms with Crippen LogP contribution in [0, 0.1) is 0 Å². The molecule has 1 aliphatic heterocycles. The molecule has 104 valence electrons. The predicted molar refractivity (Wildman–Crippen MR) is 76.6 cm³/mol. The molecule has 1 aromatic carbocycles. The van der Waals surface area contributed by atoms with E-state index in [1.165, 1.54) is 12.8 Å². The Hall–Kier alpha value is -1.35. The highest BCUT2D eigenvalue weighted by atomic mass is 16.5. The van der Waals surface area contributed by atoms with Crippen LogP contribution in [-0.4, -0.2) is 24.5 Å². The summed E-state index contributed by atoms with van der Waals surface area (Å²) in [4.78, 5) is 11.1. The minimum absolute atomic E-state index is 0.190. The zero-order chi connectivity index (χ0) is 13.7. The predicted octanol–water partition coefficient (Wildman–Crippen LogP) is 2.73. The summed E-state index contributed by atoms with van der Waals surface area (Å²) in [7, 11) is 0. The van der Waals surface area contributed by atoms with E-state index in [1.54, 1.807) is 6.92 Å². The van der Waals surface area contributed by atoms with Crippen molar-refractivity contribution in [1.29, 1.82) is 0 Å². The highest BCUT2D eigenvalue weighted by molar-refractivity contribution is 5.78. The van der Waals surface area contributed by atoms with Crippen LogP contribution in [0.5, 0.6) is 5.75 Å².